The van der Waals surface area contributed by atoms with E-state index in [1.54, 1.807) is 0 Å². The van der Waals surface area contributed by atoms with Crippen molar-refractivity contribution in [2.45, 2.75) is 26.2 Å². The van der Waals surface area contributed by atoms with Crippen LogP contribution in [0.25, 0.3) is 22.0 Å². The fraction of sp³-hybridized carbons (Fsp3) is 0.211. The second-order valence-electron chi connectivity index (χ2n) is 6.34. The van der Waals surface area contributed by atoms with Crippen LogP contribution in [0.1, 0.15) is 26.3 Å². The summed E-state index contributed by atoms with van der Waals surface area (Å²) in [5.41, 5.74) is 3.51. The molecule has 0 aliphatic carbocycles. The van der Waals surface area contributed by atoms with Crippen LogP contribution in [0.5, 0.6) is 0 Å². The topological polar surface area (TPSA) is 12.9 Å². The Morgan fingerprint density at radius 1 is 0.905 bits per heavy atom. The lowest BCUT2D eigenvalue weighted by Crippen LogP contribution is -2.10. The van der Waals surface area contributed by atoms with Gasteiger partial charge in [0, 0.05) is 10.9 Å². The van der Waals surface area contributed by atoms with Crippen molar-refractivity contribution in [2.75, 3.05) is 0 Å². The van der Waals surface area contributed by atoms with Gasteiger partial charge in [-0.1, -0.05) is 80.9 Å². The maximum absolute atomic E-state index is 6.17. The number of nitrogens with zero attached hydrogens (tertiary/aromatic N) is 1. The molecule has 0 aliphatic heterocycles. The van der Waals surface area contributed by atoms with Crippen LogP contribution >= 0.6 is 11.6 Å². The SMILES string of the molecule is CC(C)(C)c1ccc(-c2nc(Cl)cc3ccccc23)cc1. The van der Waals surface area contributed by atoms with Crippen molar-refractivity contribution in [2.24, 2.45) is 0 Å². The van der Waals surface area contributed by atoms with Gasteiger partial charge in [-0.15, -0.1) is 0 Å². The van der Waals surface area contributed by atoms with Gasteiger partial charge in [-0.3, -0.25) is 0 Å². The number of fused-ring (bicyclic) bond motifs is 1. The maximum Gasteiger partial charge on any atom is 0.130 e. The first-order valence-corrected chi connectivity index (χ1v) is 7.49. The van der Waals surface area contributed by atoms with Crippen molar-refractivity contribution in [3.63, 3.8) is 0 Å². The van der Waals surface area contributed by atoms with Gasteiger partial charge >= 0.3 is 0 Å². The third-order valence-electron chi connectivity index (χ3n) is 3.73. The minimum atomic E-state index is 0.155. The number of aromatic nitrogens is 1. The van der Waals surface area contributed by atoms with E-state index < -0.39 is 0 Å². The second-order valence-corrected chi connectivity index (χ2v) is 6.73. The summed E-state index contributed by atoms with van der Waals surface area (Å²) in [5.74, 6) is 0. The zero-order chi connectivity index (χ0) is 15.0. The highest BCUT2D eigenvalue weighted by Gasteiger charge is 2.14. The molecule has 0 N–H and O–H groups in total. The van der Waals surface area contributed by atoms with E-state index in [0.717, 1.165) is 22.0 Å². The van der Waals surface area contributed by atoms with Gasteiger partial charge in [0.15, 0.2) is 0 Å². The summed E-state index contributed by atoms with van der Waals surface area (Å²) in [6.45, 7) is 6.65. The second kappa shape index (κ2) is 5.16. The van der Waals surface area contributed by atoms with Crippen molar-refractivity contribution >= 4 is 22.4 Å². The molecule has 21 heavy (non-hydrogen) atoms. The summed E-state index contributed by atoms with van der Waals surface area (Å²) in [7, 11) is 0. The number of hydrogen-bond acceptors (Lipinski definition) is 1. The van der Waals surface area contributed by atoms with E-state index in [-0.39, 0.29) is 5.41 Å². The first kappa shape index (κ1) is 14.1. The van der Waals surface area contributed by atoms with Gasteiger partial charge in [-0.25, -0.2) is 4.98 Å². The Labute approximate surface area is 130 Å². The molecule has 2 heteroatoms. The molecule has 0 spiro atoms. The molecule has 1 heterocycles. The molecule has 106 valence electrons. The smallest absolute Gasteiger partial charge is 0.130 e. The minimum absolute atomic E-state index is 0.155. The van der Waals surface area contributed by atoms with Crippen LogP contribution in [-0.2, 0) is 5.41 Å². The van der Waals surface area contributed by atoms with E-state index >= 15 is 0 Å². The van der Waals surface area contributed by atoms with Gasteiger partial charge in [-0.2, -0.15) is 0 Å². The highest BCUT2D eigenvalue weighted by atomic mass is 35.5. The van der Waals surface area contributed by atoms with Crippen LogP contribution in [0.2, 0.25) is 5.15 Å². The molecule has 3 rings (SSSR count). The van der Waals surface area contributed by atoms with Gasteiger partial charge in [0.1, 0.15) is 5.15 Å². The van der Waals surface area contributed by atoms with Crippen LogP contribution in [0.3, 0.4) is 0 Å². The maximum atomic E-state index is 6.17. The van der Waals surface area contributed by atoms with E-state index in [1.165, 1.54) is 5.56 Å². The Bertz CT molecular complexity index is 783. The van der Waals surface area contributed by atoms with Crippen molar-refractivity contribution in [1.29, 1.82) is 0 Å². The van der Waals surface area contributed by atoms with Crippen molar-refractivity contribution < 1.29 is 0 Å². The van der Waals surface area contributed by atoms with E-state index in [4.69, 9.17) is 11.6 Å². The fourth-order valence-electron chi connectivity index (χ4n) is 2.51. The quantitative estimate of drug-likeness (QED) is 0.513. The normalized spacial score (nSPS) is 11.8. The Morgan fingerprint density at radius 2 is 1.57 bits per heavy atom. The van der Waals surface area contributed by atoms with Crippen LogP contribution in [0, 0.1) is 0 Å². The molecular weight excluding hydrogens is 278 g/mol. The Hall–Kier alpha value is -1.86. The molecule has 1 aromatic heterocycles. The zero-order valence-corrected chi connectivity index (χ0v) is 13.3. The molecule has 2 aromatic carbocycles. The largest absolute Gasteiger partial charge is 0.235 e. The fourth-order valence-corrected chi connectivity index (χ4v) is 2.72. The van der Waals surface area contributed by atoms with Gasteiger partial charge in [0.2, 0.25) is 0 Å². The molecule has 0 atom stereocenters. The van der Waals surface area contributed by atoms with Crippen LogP contribution in [-0.4, -0.2) is 4.98 Å². The monoisotopic (exact) mass is 295 g/mol. The minimum Gasteiger partial charge on any atom is -0.235 e. The van der Waals surface area contributed by atoms with E-state index in [2.05, 4.69) is 62.2 Å². The molecule has 0 fully saturated rings. The van der Waals surface area contributed by atoms with Crippen LogP contribution < -0.4 is 0 Å². The summed E-state index contributed by atoms with van der Waals surface area (Å²) < 4.78 is 0. The molecular formula is C19H18ClN. The molecule has 1 nitrogen and oxygen atoms in total. The van der Waals surface area contributed by atoms with E-state index in [1.807, 2.05) is 18.2 Å². The molecule has 0 unspecified atom stereocenters. The molecule has 0 bridgehead atoms. The Kier molecular flexibility index (Phi) is 3.46. The summed E-state index contributed by atoms with van der Waals surface area (Å²) in [4.78, 5) is 4.53. The summed E-state index contributed by atoms with van der Waals surface area (Å²) in [6.07, 6.45) is 0. The van der Waals surface area contributed by atoms with Crippen molar-refractivity contribution in [3.8, 4) is 11.3 Å². The third kappa shape index (κ3) is 2.79. The van der Waals surface area contributed by atoms with Gasteiger partial charge in [-0.05, 0) is 22.4 Å². The lowest BCUT2D eigenvalue weighted by molar-refractivity contribution is 0.590. The number of rotatable bonds is 1. The number of hydrogen-bond donors (Lipinski definition) is 0. The molecule has 0 aliphatic rings. The van der Waals surface area contributed by atoms with Crippen molar-refractivity contribution in [3.05, 3.63) is 65.3 Å². The summed E-state index contributed by atoms with van der Waals surface area (Å²) in [6, 6.07) is 18.7. The highest BCUT2D eigenvalue weighted by Crippen LogP contribution is 2.31. The number of benzene rings is 2. The van der Waals surface area contributed by atoms with Gasteiger partial charge < -0.3 is 0 Å². The average molecular weight is 296 g/mol. The standard InChI is InChI=1S/C19H18ClN/c1-19(2,3)15-10-8-13(9-11-15)18-16-7-5-4-6-14(16)12-17(20)21-18/h4-12H,1-3H3. The average Bonchev–Trinajstić information content (AvgIpc) is 2.45. The molecule has 0 amide bonds. The van der Waals surface area contributed by atoms with Gasteiger partial charge in [0.25, 0.3) is 0 Å². The van der Waals surface area contributed by atoms with Crippen LogP contribution in [0.4, 0.5) is 0 Å². The zero-order valence-electron chi connectivity index (χ0n) is 12.5. The lowest BCUT2D eigenvalue weighted by Gasteiger charge is -2.19. The predicted molar refractivity (Wildman–Crippen MR) is 90.9 cm³/mol. The Balaban J connectivity index is 2.16. The molecule has 0 saturated carbocycles. The first-order valence-electron chi connectivity index (χ1n) is 7.11. The lowest BCUT2D eigenvalue weighted by atomic mass is 9.86. The van der Waals surface area contributed by atoms with Crippen LogP contribution in [0.15, 0.2) is 54.6 Å². The van der Waals surface area contributed by atoms with E-state index in [0.29, 0.717) is 5.15 Å². The summed E-state index contributed by atoms with van der Waals surface area (Å²) >= 11 is 6.17. The molecule has 3 aromatic rings. The van der Waals surface area contributed by atoms with Crippen molar-refractivity contribution in [1.82, 2.24) is 4.98 Å². The Morgan fingerprint density at radius 3 is 2.24 bits per heavy atom. The highest BCUT2D eigenvalue weighted by molar-refractivity contribution is 6.30. The summed E-state index contributed by atoms with van der Waals surface area (Å²) in [5, 5.41) is 2.78. The predicted octanol–water partition coefficient (Wildman–Crippen LogP) is 5.85. The first-order chi connectivity index (χ1) is 9.95. The van der Waals surface area contributed by atoms with Gasteiger partial charge in [0.05, 0.1) is 5.69 Å². The molecule has 0 saturated heterocycles. The number of pyridine rings is 1. The number of halogens is 1. The third-order valence-corrected chi connectivity index (χ3v) is 3.93. The molecule has 0 radical (unpaired) electrons. The van der Waals surface area contributed by atoms with E-state index in [9.17, 15) is 0 Å².